The average Bonchev–Trinajstić information content (AvgIpc) is 3.11. The maximum Gasteiger partial charge on any atom is 0.337 e. The van der Waals surface area contributed by atoms with Crippen LogP contribution in [0.3, 0.4) is 0 Å². The first kappa shape index (κ1) is 14.1. The maximum absolute atomic E-state index is 12.5. The number of hydrogen-bond donors (Lipinski definition) is 1. The number of fused-ring (bicyclic) bond motifs is 2. The number of benzene rings is 1. The minimum absolute atomic E-state index is 0.104. The number of ether oxygens (including phenoxy) is 1. The van der Waals surface area contributed by atoms with E-state index < -0.39 is 0 Å². The van der Waals surface area contributed by atoms with Gasteiger partial charge in [-0.1, -0.05) is 12.5 Å². The molecule has 0 saturated heterocycles. The van der Waals surface area contributed by atoms with Gasteiger partial charge in [0.05, 0.1) is 12.7 Å². The van der Waals surface area contributed by atoms with Crippen molar-refractivity contribution in [2.24, 2.45) is 17.8 Å². The Kier molecular flexibility index (Phi) is 3.70. The summed E-state index contributed by atoms with van der Waals surface area (Å²) in [5.74, 6) is 1.16. The van der Waals surface area contributed by atoms with Crippen molar-refractivity contribution in [2.75, 3.05) is 12.4 Å². The number of rotatable bonds is 3. The minimum Gasteiger partial charge on any atom is -0.465 e. The summed E-state index contributed by atoms with van der Waals surface area (Å²) in [5.41, 5.74) is 2.14. The molecule has 0 radical (unpaired) electrons. The summed E-state index contributed by atoms with van der Waals surface area (Å²) < 4.78 is 4.72. The lowest BCUT2D eigenvalue weighted by Crippen LogP contribution is -2.27. The molecule has 0 heterocycles. The van der Waals surface area contributed by atoms with E-state index in [1.54, 1.807) is 12.1 Å². The van der Waals surface area contributed by atoms with E-state index in [2.05, 4.69) is 5.32 Å². The fraction of sp³-hybridized carbons (Fsp3) is 0.529. The molecule has 4 nitrogen and oxygen atoms in total. The Balaban J connectivity index is 1.75. The number of nitrogens with one attached hydrogen (secondary N) is 1. The van der Waals surface area contributed by atoms with Gasteiger partial charge in [-0.2, -0.15) is 0 Å². The highest BCUT2D eigenvalue weighted by molar-refractivity contribution is 5.96. The number of carbonyl (C=O) groups excluding carboxylic acids is 2. The molecule has 2 bridgehead atoms. The van der Waals surface area contributed by atoms with Crippen LogP contribution in [-0.4, -0.2) is 19.0 Å². The second-order valence-electron chi connectivity index (χ2n) is 6.29. The summed E-state index contributed by atoms with van der Waals surface area (Å²) >= 11 is 0. The number of hydrogen-bond acceptors (Lipinski definition) is 3. The Morgan fingerprint density at radius 3 is 2.67 bits per heavy atom. The van der Waals surface area contributed by atoms with Crippen molar-refractivity contribution < 1.29 is 14.3 Å². The monoisotopic (exact) mass is 287 g/mol. The van der Waals surface area contributed by atoms with Crippen LogP contribution in [0, 0.1) is 24.7 Å². The Morgan fingerprint density at radius 2 is 2.05 bits per heavy atom. The van der Waals surface area contributed by atoms with E-state index in [4.69, 9.17) is 4.74 Å². The average molecular weight is 287 g/mol. The summed E-state index contributed by atoms with van der Waals surface area (Å²) in [6.07, 6.45) is 4.70. The number of carbonyl (C=O) groups is 2. The number of amides is 1. The Labute approximate surface area is 124 Å². The number of anilines is 1. The zero-order chi connectivity index (χ0) is 15.0. The van der Waals surface area contributed by atoms with Crippen LogP contribution in [0.1, 0.15) is 41.6 Å². The molecular formula is C17H21NO3. The fourth-order valence-electron chi connectivity index (χ4n) is 3.79. The van der Waals surface area contributed by atoms with Crippen LogP contribution in [0.5, 0.6) is 0 Å². The van der Waals surface area contributed by atoms with Gasteiger partial charge in [-0.25, -0.2) is 4.79 Å². The molecule has 2 saturated carbocycles. The molecule has 3 atom stereocenters. The van der Waals surface area contributed by atoms with E-state index >= 15 is 0 Å². The minimum atomic E-state index is -0.384. The molecule has 21 heavy (non-hydrogen) atoms. The van der Waals surface area contributed by atoms with Crippen molar-refractivity contribution in [1.29, 1.82) is 0 Å². The molecule has 3 rings (SSSR count). The van der Waals surface area contributed by atoms with E-state index in [-0.39, 0.29) is 17.8 Å². The number of aryl methyl sites for hydroxylation is 1. The summed E-state index contributed by atoms with van der Waals surface area (Å²) in [6.45, 7) is 1.93. The molecule has 112 valence electrons. The van der Waals surface area contributed by atoms with E-state index in [9.17, 15) is 9.59 Å². The topological polar surface area (TPSA) is 55.4 Å². The first-order chi connectivity index (χ1) is 10.1. The highest BCUT2D eigenvalue weighted by atomic mass is 16.5. The van der Waals surface area contributed by atoms with Crippen LogP contribution in [-0.2, 0) is 9.53 Å². The van der Waals surface area contributed by atoms with E-state index in [0.717, 1.165) is 17.9 Å². The first-order valence-corrected chi connectivity index (χ1v) is 7.58. The van der Waals surface area contributed by atoms with E-state index in [1.807, 2.05) is 13.0 Å². The third-order valence-electron chi connectivity index (χ3n) is 4.99. The van der Waals surface area contributed by atoms with Gasteiger partial charge >= 0.3 is 5.97 Å². The normalized spacial score (nSPS) is 26.7. The smallest absolute Gasteiger partial charge is 0.337 e. The third kappa shape index (κ3) is 2.67. The number of methoxy groups -OCH3 is 1. The fourth-order valence-corrected chi connectivity index (χ4v) is 3.79. The first-order valence-electron chi connectivity index (χ1n) is 7.58. The van der Waals surface area contributed by atoms with Crippen molar-refractivity contribution in [3.8, 4) is 0 Å². The molecule has 2 aliphatic carbocycles. The van der Waals surface area contributed by atoms with Crippen LogP contribution in [0.15, 0.2) is 18.2 Å². The molecule has 4 heteroatoms. The molecule has 2 aliphatic rings. The lowest BCUT2D eigenvalue weighted by molar-refractivity contribution is -0.121. The molecular weight excluding hydrogens is 266 g/mol. The summed E-state index contributed by atoms with van der Waals surface area (Å²) in [7, 11) is 1.36. The third-order valence-corrected chi connectivity index (χ3v) is 4.99. The molecule has 1 N–H and O–H groups in total. The molecule has 1 aromatic rings. The quantitative estimate of drug-likeness (QED) is 0.869. The SMILES string of the molecule is COC(=O)c1ccc(C)c(NC(=O)[C@@H]2C[C@H]3CC[C@H]2C3)c1. The van der Waals surface area contributed by atoms with Gasteiger partial charge in [-0.15, -0.1) is 0 Å². The largest absolute Gasteiger partial charge is 0.465 e. The van der Waals surface area contributed by atoms with Crippen molar-refractivity contribution >= 4 is 17.6 Å². The second kappa shape index (κ2) is 5.51. The molecule has 0 spiro atoms. The van der Waals surface area contributed by atoms with Crippen molar-refractivity contribution in [2.45, 2.75) is 32.6 Å². The lowest BCUT2D eigenvalue weighted by Gasteiger charge is -2.21. The van der Waals surface area contributed by atoms with Gasteiger partial charge in [-0.3, -0.25) is 4.79 Å². The predicted molar refractivity (Wildman–Crippen MR) is 80.1 cm³/mol. The second-order valence-corrected chi connectivity index (χ2v) is 6.29. The Hall–Kier alpha value is -1.84. The van der Waals surface area contributed by atoms with Gasteiger partial charge in [0.1, 0.15) is 0 Å². The molecule has 0 aromatic heterocycles. The van der Waals surface area contributed by atoms with Crippen molar-refractivity contribution in [3.63, 3.8) is 0 Å². The van der Waals surface area contributed by atoms with Gasteiger partial charge in [0.2, 0.25) is 5.91 Å². The van der Waals surface area contributed by atoms with Crippen LogP contribution in [0.4, 0.5) is 5.69 Å². The van der Waals surface area contributed by atoms with Gasteiger partial charge in [0.25, 0.3) is 0 Å². The van der Waals surface area contributed by atoms with Crippen molar-refractivity contribution in [1.82, 2.24) is 0 Å². The Morgan fingerprint density at radius 1 is 1.24 bits per heavy atom. The predicted octanol–water partition coefficient (Wildman–Crippen LogP) is 3.16. The van der Waals surface area contributed by atoms with E-state index in [0.29, 0.717) is 17.2 Å². The van der Waals surface area contributed by atoms with Gasteiger partial charge < -0.3 is 10.1 Å². The lowest BCUT2D eigenvalue weighted by atomic mass is 9.88. The standard InChI is InChI=1S/C17H21NO3/c1-10-3-5-13(17(20)21-2)9-15(10)18-16(19)14-8-11-4-6-12(14)7-11/h3,5,9,11-12,14H,4,6-8H2,1-2H3,(H,18,19)/t11-,12-,14+/m0/s1. The van der Waals surface area contributed by atoms with E-state index in [1.165, 1.54) is 26.4 Å². The zero-order valence-corrected chi connectivity index (χ0v) is 12.5. The molecule has 1 amide bonds. The zero-order valence-electron chi connectivity index (χ0n) is 12.5. The maximum atomic E-state index is 12.5. The van der Waals surface area contributed by atoms with Gasteiger partial charge in [-0.05, 0) is 55.7 Å². The molecule has 2 fully saturated rings. The van der Waals surface area contributed by atoms with Crippen LogP contribution >= 0.6 is 0 Å². The summed E-state index contributed by atoms with van der Waals surface area (Å²) in [5, 5.41) is 3.01. The van der Waals surface area contributed by atoms with Gasteiger partial charge in [0, 0.05) is 11.6 Å². The highest BCUT2D eigenvalue weighted by Gasteiger charge is 2.43. The van der Waals surface area contributed by atoms with Crippen LogP contribution in [0.2, 0.25) is 0 Å². The molecule has 1 aromatic carbocycles. The summed E-state index contributed by atoms with van der Waals surface area (Å²) in [6, 6.07) is 5.25. The van der Waals surface area contributed by atoms with Crippen molar-refractivity contribution in [3.05, 3.63) is 29.3 Å². The molecule has 0 unspecified atom stereocenters. The van der Waals surface area contributed by atoms with Crippen LogP contribution in [0.25, 0.3) is 0 Å². The Bertz CT molecular complexity index is 581. The van der Waals surface area contributed by atoms with Crippen LogP contribution < -0.4 is 5.32 Å². The van der Waals surface area contributed by atoms with Gasteiger partial charge in [0.15, 0.2) is 0 Å². The number of esters is 1. The highest BCUT2D eigenvalue weighted by Crippen LogP contribution is 2.48. The summed E-state index contributed by atoms with van der Waals surface area (Å²) in [4.78, 5) is 24.1. The molecule has 0 aliphatic heterocycles.